The molecule has 0 aromatic carbocycles. The molecule has 5 unspecified atom stereocenters. The van der Waals surface area contributed by atoms with Crippen LogP contribution < -0.4 is 0 Å². The molecule has 0 bridgehead atoms. The Morgan fingerprint density at radius 3 is 1.76 bits per heavy atom. The van der Waals surface area contributed by atoms with Crippen molar-refractivity contribution in [3.63, 3.8) is 0 Å². The minimum atomic E-state index is -2.16. The Balaban J connectivity index is 4.17. The lowest BCUT2D eigenvalue weighted by molar-refractivity contribution is -0.411. The Hall–Kier alpha value is -2.42. The third kappa shape index (κ3) is 19.5. The average Bonchev–Trinajstić information content (AvgIpc) is 3.20. The summed E-state index contributed by atoms with van der Waals surface area (Å²) in [7, 11) is 0. The molecule has 0 radical (unpaired) electrons. The summed E-state index contributed by atoms with van der Waals surface area (Å²) >= 11 is 0. The maximum Gasteiger partial charge on any atom is 0.338 e. The zero-order valence-corrected chi connectivity index (χ0v) is 42.6. The number of unbranched alkanes of at least 4 members (excludes halogenated alkanes) is 4. The minimum Gasteiger partial charge on any atom is -0.493 e. The first-order valence-corrected chi connectivity index (χ1v) is 24.2. The Morgan fingerprint density at radius 1 is 0.683 bits per heavy atom. The second-order valence-electron chi connectivity index (χ2n) is 20.0. The van der Waals surface area contributed by atoms with Crippen LogP contribution >= 0.6 is 0 Å². The van der Waals surface area contributed by atoms with E-state index in [9.17, 15) is 19.8 Å². The van der Waals surface area contributed by atoms with Crippen molar-refractivity contribution in [1.29, 1.82) is 0 Å². The van der Waals surface area contributed by atoms with Gasteiger partial charge in [-0.05, 0) is 96.3 Å². The van der Waals surface area contributed by atoms with Gasteiger partial charge in [-0.1, -0.05) is 102 Å². The van der Waals surface area contributed by atoms with Crippen molar-refractivity contribution in [2.45, 2.75) is 224 Å². The summed E-state index contributed by atoms with van der Waals surface area (Å²) in [6.45, 7) is 33.1. The van der Waals surface area contributed by atoms with Crippen LogP contribution in [0.15, 0.2) is 22.9 Å². The molecule has 5 atom stereocenters. The van der Waals surface area contributed by atoms with Crippen molar-refractivity contribution in [1.82, 2.24) is 0 Å². The fourth-order valence-electron chi connectivity index (χ4n) is 6.45. The minimum absolute atomic E-state index is 0.0697. The zero-order chi connectivity index (χ0) is 48.1. The van der Waals surface area contributed by atoms with Crippen LogP contribution in [-0.2, 0) is 52.2 Å². The van der Waals surface area contributed by atoms with E-state index >= 15 is 0 Å². The number of carbonyl (C=O) groups is 2. The first-order valence-electron chi connectivity index (χ1n) is 24.2. The highest BCUT2D eigenvalue weighted by Gasteiger charge is 2.60. The lowest BCUT2D eigenvalue weighted by Gasteiger charge is -2.46. The molecule has 13 nitrogen and oxygen atoms in total. The summed E-state index contributed by atoms with van der Waals surface area (Å²) < 4.78 is 59.3. The van der Waals surface area contributed by atoms with E-state index in [4.69, 9.17) is 42.6 Å². The molecule has 63 heavy (non-hydrogen) atoms. The van der Waals surface area contributed by atoms with Gasteiger partial charge in [-0.3, -0.25) is 4.79 Å². The predicted molar refractivity (Wildman–Crippen MR) is 247 cm³/mol. The number of rotatable bonds is 36. The SMILES string of the molecule is CCCCCOC(CCCCC(OCCC)(OC(C)CC)OC1C(C(=O)O)=C(OCC(C)(C)C)C(OC(C)(C)CC)=C(OCCC(C)C)C1(C)C(=O)O)(OCCCC)OCC(C)C. The molecule has 0 aromatic heterocycles. The molecule has 2 N–H and O–H groups in total. The van der Waals surface area contributed by atoms with E-state index in [1.54, 1.807) is 0 Å². The summed E-state index contributed by atoms with van der Waals surface area (Å²) in [5, 5.41) is 22.7. The van der Waals surface area contributed by atoms with Gasteiger partial charge >= 0.3 is 11.9 Å². The van der Waals surface area contributed by atoms with E-state index in [0.29, 0.717) is 64.8 Å². The Morgan fingerprint density at radius 2 is 1.27 bits per heavy atom. The van der Waals surface area contributed by atoms with Crippen LogP contribution in [0.1, 0.15) is 194 Å². The van der Waals surface area contributed by atoms with Crippen molar-refractivity contribution in [2.24, 2.45) is 22.7 Å². The molecule has 1 aliphatic carbocycles. The summed E-state index contributed by atoms with van der Waals surface area (Å²) in [5.41, 5.74) is -3.87. The number of hydrogen-bond donors (Lipinski definition) is 2. The predicted octanol–water partition coefficient (Wildman–Crippen LogP) is 12.2. The topological polar surface area (TPSA) is 158 Å². The lowest BCUT2D eigenvalue weighted by Crippen LogP contribution is -2.56. The van der Waals surface area contributed by atoms with Crippen molar-refractivity contribution >= 4 is 11.9 Å². The smallest absolute Gasteiger partial charge is 0.338 e. The summed E-state index contributed by atoms with van der Waals surface area (Å²) in [6.07, 6.45) is 6.31. The molecule has 0 aromatic rings. The first-order chi connectivity index (χ1) is 29.4. The van der Waals surface area contributed by atoms with Crippen molar-refractivity contribution in [3.05, 3.63) is 22.9 Å². The van der Waals surface area contributed by atoms with Gasteiger partial charge in [-0.2, -0.15) is 0 Å². The number of hydrogen-bond acceptors (Lipinski definition) is 11. The van der Waals surface area contributed by atoms with Gasteiger partial charge in [0.2, 0.25) is 5.76 Å². The first kappa shape index (κ1) is 58.6. The van der Waals surface area contributed by atoms with E-state index in [1.165, 1.54) is 6.92 Å². The number of carboxylic acids is 2. The third-order valence-electron chi connectivity index (χ3n) is 10.9. The van der Waals surface area contributed by atoms with Gasteiger partial charge in [-0.15, -0.1) is 0 Å². The molecule has 1 aliphatic rings. The molecule has 0 heterocycles. The van der Waals surface area contributed by atoms with Crippen LogP contribution in [0, 0.1) is 22.7 Å². The van der Waals surface area contributed by atoms with Gasteiger partial charge in [0.25, 0.3) is 11.9 Å². The van der Waals surface area contributed by atoms with Gasteiger partial charge in [0.05, 0.1) is 45.7 Å². The van der Waals surface area contributed by atoms with Gasteiger partial charge in [-0.25, -0.2) is 4.79 Å². The molecule has 0 saturated carbocycles. The second kappa shape index (κ2) is 27.9. The van der Waals surface area contributed by atoms with Gasteiger partial charge < -0.3 is 52.8 Å². The van der Waals surface area contributed by atoms with Crippen molar-refractivity contribution in [3.8, 4) is 0 Å². The molecule has 0 aliphatic heterocycles. The quantitative estimate of drug-likeness (QED) is 0.0452. The molecule has 370 valence electrons. The van der Waals surface area contributed by atoms with Crippen LogP contribution in [0.25, 0.3) is 0 Å². The summed E-state index contributed by atoms with van der Waals surface area (Å²) in [4.78, 5) is 27.9. The van der Waals surface area contributed by atoms with Gasteiger partial charge in [0.1, 0.15) is 17.3 Å². The maximum atomic E-state index is 14.0. The Kier molecular flexibility index (Phi) is 26.0. The number of carboxylic acid groups (broad SMARTS) is 2. The monoisotopic (exact) mass is 901 g/mol. The van der Waals surface area contributed by atoms with E-state index in [2.05, 4.69) is 27.7 Å². The Labute approximate surface area is 382 Å². The highest BCUT2D eigenvalue weighted by atomic mass is 16.9. The van der Waals surface area contributed by atoms with Crippen LogP contribution in [0.4, 0.5) is 0 Å². The molecular weight excluding hydrogens is 809 g/mol. The largest absolute Gasteiger partial charge is 0.493 e. The molecule has 13 heteroatoms. The highest BCUT2D eigenvalue weighted by Crippen LogP contribution is 2.50. The number of aliphatic carboxylic acids is 2. The van der Waals surface area contributed by atoms with Crippen LogP contribution in [0.2, 0.25) is 0 Å². The standard InChI is InChI=1S/C50H92O13/c1-17-22-26-32-59-49(58-31-23-18-2,60-34-37(8)9)28-24-25-29-50(57-30-19-3,61-38(10)20-4)63-42-39(44(51)52)40(56-35-46(11,12)13)41(62-47(14,15)21-5)43(48(42,16)45(53)54)55-33-27-36(6)7/h36-38,42H,17-35H2,1-16H3,(H,51,52)(H,53,54). The van der Waals surface area contributed by atoms with Crippen molar-refractivity contribution < 1.29 is 62.4 Å². The Bertz CT molecular complexity index is 1400. The molecule has 0 saturated heterocycles. The van der Waals surface area contributed by atoms with Crippen molar-refractivity contribution in [2.75, 3.05) is 39.6 Å². The fourth-order valence-corrected chi connectivity index (χ4v) is 6.45. The van der Waals surface area contributed by atoms with E-state index in [1.807, 2.05) is 76.2 Å². The molecule has 0 fully saturated rings. The highest BCUT2D eigenvalue weighted by molar-refractivity contribution is 5.93. The van der Waals surface area contributed by atoms with Crippen LogP contribution in [0.5, 0.6) is 0 Å². The molecule has 1 rings (SSSR count). The summed E-state index contributed by atoms with van der Waals surface area (Å²) in [6, 6.07) is 0. The van der Waals surface area contributed by atoms with Crippen LogP contribution in [0.3, 0.4) is 0 Å². The molecule has 0 amide bonds. The zero-order valence-electron chi connectivity index (χ0n) is 42.6. The third-order valence-corrected chi connectivity index (χ3v) is 10.9. The lowest BCUT2D eigenvalue weighted by atomic mass is 9.73. The summed E-state index contributed by atoms with van der Waals surface area (Å²) in [5.74, 6) is -5.81. The van der Waals surface area contributed by atoms with E-state index < -0.39 is 58.1 Å². The van der Waals surface area contributed by atoms with E-state index in [0.717, 1.165) is 32.1 Å². The molecular formula is C50H92O13. The van der Waals surface area contributed by atoms with Gasteiger partial charge in [0, 0.05) is 12.8 Å². The average molecular weight is 901 g/mol. The van der Waals surface area contributed by atoms with E-state index in [-0.39, 0.29) is 55.4 Å². The second-order valence-corrected chi connectivity index (χ2v) is 20.0. The normalized spacial score (nSPS) is 19.9. The maximum absolute atomic E-state index is 14.0. The fraction of sp³-hybridized carbons (Fsp3) is 0.880. The van der Waals surface area contributed by atoms with Gasteiger partial charge in [0.15, 0.2) is 16.9 Å². The molecule has 0 spiro atoms. The number of ether oxygens (including phenoxy) is 9. The van der Waals surface area contributed by atoms with Crippen LogP contribution in [-0.4, -0.2) is 91.5 Å².